The normalized spacial score (nSPS) is 10.9. The number of anilines is 1. The highest BCUT2D eigenvalue weighted by atomic mass is 35.5. The molecule has 7 heteroatoms. The fourth-order valence-electron chi connectivity index (χ4n) is 2.57. The number of ether oxygens (including phenoxy) is 1. The van der Waals surface area contributed by atoms with E-state index >= 15 is 0 Å². The summed E-state index contributed by atoms with van der Waals surface area (Å²) in [6.07, 6.45) is 1.42. The van der Waals surface area contributed by atoms with Crippen LogP contribution >= 0.6 is 34.8 Å². The second-order valence-electron chi connectivity index (χ2n) is 6.22. The van der Waals surface area contributed by atoms with Crippen LogP contribution in [-0.4, -0.2) is 5.91 Å². The molecule has 0 saturated heterocycles. The third-order valence-corrected chi connectivity index (χ3v) is 4.84. The Morgan fingerprint density at radius 1 is 1.00 bits per heavy atom. The van der Waals surface area contributed by atoms with Crippen molar-refractivity contribution in [3.63, 3.8) is 0 Å². The maximum atomic E-state index is 12.4. The first-order chi connectivity index (χ1) is 14.5. The van der Waals surface area contributed by atoms with E-state index in [1.165, 1.54) is 6.08 Å². The monoisotopic (exact) mass is 456 g/mol. The zero-order chi connectivity index (χ0) is 21.5. The van der Waals surface area contributed by atoms with Crippen molar-refractivity contribution in [3.05, 3.63) is 98.5 Å². The van der Waals surface area contributed by atoms with Crippen molar-refractivity contribution in [1.82, 2.24) is 0 Å². The van der Waals surface area contributed by atoms with Gasteiger partial charge < -0.3 is 10.1 Å². The standard InChI is InChI=1S/C23H15Cl3N2O2/c24-18-8-6-15(7-9-18)14-30-22-20(25)11-16(12-21(22)26)10-17(13-27)23(29)28-19-4-2-1-3-5-19/h1-12H,14H2,(H,28,29). The summed E-state index contributed by atoms with van der Waals surface area (Å²) in [4.78, 5) is 12.4. The predicted octanol–water partition coefficient (Wildman–Crippen LogP) is 6.77. The molecule has 0 unspecified atom stereocenters. The minimum absolute atomic E-state index is 0.0826. The quantitative estimate of drug-likeness (QED) is 0.328. The third-order valence-electron chi connectivity index (χ3n) is 4.02. The molecule has 0 saturated carbocycles. The molecule has 0 aliphatic rings. The van der Waals surface area contributed by atoms with Gasteiger partial charge >= 0.3 is 0 Å². The maximum absolute atomic E-state index is 12.4. The van der Waals surface area contributed by atoms with E-state index in [-0.39, 0.29) is 22.2 Å². The number of carbonyl (C=O) groups is 1. The van der Waals surface area contributed by atoms with Crippen LogP contribution in [-0.2, 0) is 11.4 Å². The van der Waals surface area contributed by atoms with E-state index in [0.29, 0.717) is 22.0 Å². The van der Waals surface area contributed by atoms with Crippen LogP contribution in [0.1, 0.15) is 11.1 Å². The number of hydrogen-bond donors (Lipinski definition) is 1. The largest absolute Gasteiger partial charge is 0.486 e. The van der Waals surface area contributed by atoms with Gasteiger partial charge in [0.15, 0.2) is 5.75 Å². The number of halogens is 3. The van der Waals surface area contributed by atoms with Gasteiger partial charge in [0.2, 0.25) is 0 Å². The van der Waals surface area contributed by atoms with Crippen LogP contribution in [0.4, 0.5) is 5.69 Å². The number of carbonyl (C=O) groups excluding carboxylic acids is 1. The van der Waals surface area contributed by atoms with Gasteiger partial charge in [-0.1, -0.05) is 65.1 Å². The van der Waals surface area contributed by atoms with Gasteiger partial charge in [-0.05, 0) is 53.6 Å². The van der Waals surface area contributed by atoms with Gasteiger partial charge in [-0.3, -0.25) is 4.79 Å². The van der Waals surface area contributed by atoms with Crippen molar-refractivity contribution in [3.8, 4) is 11.8 Å². The van der Waals surface area contributed by atoms with Crippen LogP contribution in [0.2, 0.25) is 15.1 Å². The molecule has 150 valence electrons. The number of para-hydroxylation sites is 1. The van der Waals surface area contributed by atoms with E-state index in [0.717, 1.165) is 5.56 Å². The topological polar surface area (TPSA) is 62.1 Å². The van der Waals surface area contributed by atoms with Crippen LogP contribution in [0.25, 0.3) is 6.08 Å². The third kappa shape index (κ3) is 5.77. The summed E-state index contributed by atoms with van der Waals surface area (Å²) in [7, 11) is 0. The number of amides is 1. The first-order valence-corrected chi connectivity index (χ1v) is 9.94. The van der Waals surface area contributed by atoms with Crippen LogP contribution in [0.3, 0.4) is 0 Å². The van der Waals surface area contributed by atoms with E-state index in [1.54, 1.807) is 48.5 Å². The fourth-order valence-corrected chi connectivity index (χ4v) is 3.31. The number of benzene rings is 3. The summed E-state index contributed by atoms with van der Waals surface area (Å²) in [5.41, 5.74) is 1.91. The SMILES string of the molecule is N#CC(=Cc1cc(Cl)c(OCc2ccc(Cl)cc2)c(Cl)c1)C(=O)Nc1ccccc1. The minimum Gasteiger partial charge on any atom is -0.486 e. The van der Waals surface area contributed by atoms with Gasteiger partial charge in [-0.2, -0.15) is 5.26 Å². The zero-order valence-electron chi connectivity index (χ0n) is 15.5. The molecule has 0 radical (unpaired) electrons. The highest BCUT2D eigenvalue weighted by Crippen LogP contribution is 2.35. The summed E-state index contributed by atoms with van der Waals surface area (Å²) in [6, 6.07) is 21.1. The second kappa shape index (κ2) is 10.2. The van der Waals surface area contributed by atoms with Crippen molar-refractivity contribution in [1.29, 1.82) is 5.26 Å². The van der Waals surface area contributed by atoms with Crippen LogP contribution in [0, 0.1) is 11.3 Å². The van der Waals surface area contributed by atoms with Crippen LogP contribution < -0.4 is 10.1 Å². The lowest BCUT2D eigenvalue weighted by molar-refractivity contribution is -0.112. The van der Waals surface area contributed by atoms with Gasteiger partial charge in [0.1, 0.15) is 18.2 Å². The number of rotatable bonds is 6. The summed E-state index contributed by atoms with van der Waals surface area (Å²) in [5.74, 6) is -0.211. The number of nitrogens with zero attached hydrogens (tertiary/aromatic N) is 1. The summed E-state index contributed by atoms with van der Waals surface area (Å²) in [6.45, 7) is 0.259. The van der Waals surface area contributed by atoms with E-state index in [2.05, 4.69) is 5.32 Å². The maximum Gasteiger partial charge on any atom is 0.266 e. The molecule has 3 aromatic rings. The molecule has 0 spiro atoms. The second-order valence-corrected chi connectivity index (χ2v) is 7.47. The Kier molecular flexibility index (Phi) is 7.37. The Hall–Kier alpha value is -2.97. The Morgan fingerprint density at radius 2 is 1.63 bits per heavy atom. The molecule has 0 bridgehead atoms. The number of nitrogens with one attached hydrogen (secondary N) is 1. The molecule has 0 heterocycles. The minimum atomic E-state index is -0.529. The lowest BCUT2D eigenvalue weighted by atomic mass is 10.1. The van der Waals surface area contributed by atoms with E-state index in [9.17, 15) is 10.1 Å². The number of hydrogen-bond acceptors (Lipinski definition) is 3. The first kappa shape index (κ1) is 21.7. The average Bonchev–Trinajstić information content (AvgIpc) is 2.73. The molecule has 3 aromatic carbocycles. The molecule has 30 heavy (non-hydrogen) atoms. The number of nitriles is 1. The van der Waals surface area contributed by atoms with Crippen LogP contribution in [0.5, 0.6) is 5.75 Å². The lowest BCUT2D eigenvalue weighted by Gasteiger charge is -2.11. The van der Waals surface area contributed by atoms with Crippen LogP contribution in [0.15, 0.2) is 72.3 Å². The van der Waals surface area contributed by atoms with Crippen molar-refractivity contribution >= 4 is 52.5 Å². The summed E-state index contributed by atoms with van der Waals surface area (Å²) >= 11 is 18.5. The fraction of sp³-hybridized carbons (Fsp3) is 0.0435. The Bertz CT molecular complexity index is 1100. The molecule has 0 atom stereocenters. The smallest absolute Gasteiger partial charge is 0.266 e. The first-order valence-electron chi connectivity index (χ1n) is 8.81. The predicted molar refractivity (Wildman–Crippen MR) is 121 cm³/mol. The highest BCUT2D eigenvalue weighted by Gasteiger charge is 2.13. The Balaban J connectivity index is 1.76. The van der Waals surface area contributed by atoms with Crippen molar-refractivity contribution in [2.75, 3.05) is 5.32 Å². The molecule has 1 amide bonds. The Labute approximate surface area is 189 Å². The molecule has 0 aliphatic carbocycles. The summed E-state index contributed by atoms with van der Waals surface area (Å²) in [5, 5.41) is 13.2. The summed E-state index contributed by atoms with van der Waals surface area (Å²) < 4.78 is 5.73. The molecule has 0 aliphatic heterocycles. The van der Waals surface area contributed by atoms with Gasteiger partial charge in [0.25, 0.3) is 5.91 Å². The lowest BCUT2D eigenvalue weighted by Crippen LogP contribution is -2.13. The van der Waals surface area contributed by atoms with E-state index in [1.807, 2.05) is 24.3 Å². The van der Waals surface area contributed by atoms with Gasteiger partial charge in [-0.25, -0.2) is 0 Å². The molecule has 1 N–H and O–H groups in total. The van der Waals surface area contributed by atoms with E-state index < -0.39 is 5.91 Å². The van der Waals surface area contributed by atoms with Gasteiger partial charge in [-0.15, -0.1) is 0 Å². The zero-order valence-corrected chi connectivity index (χ0v) is 17.8. The molecule has 4 nitrogen and oxygen atoms in total. The average molecular weight is 458 g/mol. The Morgan fingerprint density at radius 3 is 2.23 bits per heavy atom. The molecule has 3 rings (SSSR count). The van der Waals surface area contributed by atoms with Gasteiger partial charge in [0, 0.05) is 10.7 Å². The van der Waals surface area contributed by atoms with Crippen molar-refractivity contribution < 1.29 is 9.53 Å². The molecule has 0 fully saturated rings. The highest BCUT2D eigenvalue weighted by molar-refractivity contribution is 6.37. The van der Waals surface area contributed by atoms with E-state index in [4.69, 9.17) is 39.5 Å². The van der Waals surface area contributed by atoms with Crippen molar-refractivity contribution in [2.45, 2.75) is 6.61 Å². The molecule has 0 aromatic heterocycles. The molecular weight excluding hydrogens is 443 g/mol. The molecular formula is C23H15Cl3N2O2. The van der Waals surface area contributed by atoms with Crippen molar-refractivity contribution in [2.24, 2.45) is 0 Å². The van der Waals surface area contributed by atoms with Gasteiger partial charge in [0.05, 0.1) is 10.0 Å².